The third-order valence-electron chi connectivity index (χ3n) is 5.68. The zero-order valence-corrected chi connectivity index (χ0v) is 20.8. The molecule has 8 nitrogen and oxygen atoms in total. The summed E-state index contributed by atoms with van der Waals surface area (Å²) in [6.07, 6.45) is 5.66. The van der Waals surface area contributed by atoms with Gasteiger partial charge in [0.25, 0.3) is 0 Å². The van der Waals surface area contributed by atoms with E-state index in [4.69, 9.17) is 9.52 Å². The summed E-state index contributed by atoms with van der Waals surface area (Å²) in [4.78, 5) is 24.0. The summed E-state index contributed by atoms with van der Waals surface area (Å²) in [6.45, 7) is 11.4. The number of aryl methyl sites for hydroxylation is 1. The number of rotatable bonds is 6. The van der Waals surface area contributed by atoms with E-state index < -0.39 is 0 Å². The van der Waals surface area contributed by atoms with Crippen LogP contribution in [0.3, 0.4) is 0 Å². The number of hydrogen-bond donors (Lipinski definition) is 1. The van der Waals surface area contributed by atoms with Gasteiger partial charge in [-0.25, -0.2) is 4.99 Å². The van der Waals surface area contributed by atoms with Crippen LogP contribution in [0.1, 0.15) is 51.0 Å². The highest BCUT2D eigenvalue weighted by atomic mass is 127. The summed E-state index contributed by atoms with van der Waals surface area (Å²) in [5, 5.41) is 7.41. The molecule has 0 radical (unpaired) electrons. The Morgan fingerprint density at radius 1 is 1.07 bits per heavy atom. The zero-order valence-electron chi connectivity index (χ0n) is 18.4. The van der Waals surface area contributed by atoms with E-state index in [0.717, 1.165) is 82.5 Å². The molecular formula is C21H37IN6O2. The van der Waals surface area contributed by atoms with Crippen molar-refractivity contribution in [1.82, 2.24) is 25.2 Å². The fourth-order valence-corrected chi connectivity index (χ4v) is 3.90. The Hall–Kier alpha value is -1.36. The lowest BCUT2D eigenvalue weighted by Gasteiger charge is -2.37. The molecule has 2 saturated heterocycles. The first-order valence-electron chi connectivity index (χ1n) is 11.2. The van der Waals surface area contributed by atoms with Gasteiger partial charge in [0.15, 0.2) is 11.7 Å². The van der Waals surface area contributed by atoms with Crippen molar-refractivity contribution in [3.63, 3.8) is 0 Å². The molecule has 3 heterocycles. The Balaban J connectivity index is 0.00000320. The second kappa shape index (κ2) is 13.1. The van der Waals surface area contributed by atoms with Crippen molar-refractivity contribution in [2.75, 3.05) is 52.4 Å². The number of carbonyl (C=O) groups excluding carboxylic acids is 1. The lowest BCUT2D eigenvalue weighted by atomic mass is 10.2. The molecule has 30 heavy (non-hydrogen) atoms. The van der Waals surface area contributed by atoms with Gasteiger partial charge in [0.05, 0.1) is 12.2 Å². The van der Waals surface area contributed by atoms with Gasteiger partial charge in [0.1, 0.15) is 6.54 Å². The molecule has 0 aliphatic carbocycles. The maximum Gasteiger partial charge on any atom is 0.236 e. The van der Waals surface area contributed by atoms with Gasteiger partial charge in [-0.15, -0.1) is 24.0 Å². The molecule has 0 spiro atoms. The summed E-state index contributed by atoms with van der Waals surface area (Å²) in [5.74, 6) is 1.98. The molecular weight excluding hydrogens is 495 g/mol. The molecule has 0 aromatic carbocycles. The van der Waals surface area contributed by atoms with Crippen LogP contribution in [-0.2, 0) is 17.8 Å². The Morgan fingerprint density at radius 3 is 2.37 bits per heavy atom. The van der Waals surface area contributed by atoms with Crippen LogP contribution in [0.25, 0.3) is 0 Å². The van der Waals surface area contributed by atoms with E-state index in [9.17, 15) is 4.79 Å². The van der Waals surface area contributed by atoms with Crippen LogP contribution in [0, 0.1) is 0 Å². The topological polar surface area (TPSA) is 77.2 Å². The molecule has 1 amide bonds. The predicted molar refractivity (Wildman–Crippen MR) is 129 cm³/mol. The van der Waals surface area contributed by atoms with Crippen LogP contribution >= 0.6 is 24.0 Å². The van der Waals surface area contributed by atoms with E-state index >= 15 is 0 Å². The van der Waals surface area contributed by atoms with Crippen LogP contribution in [0.15, 0.2) is 15.6 Å². The molecule has 9 heteroatoms. The van der Waals surface area contributed by atoms with E-state index in [1.807, 2.05) is 6.07 Å². The Morgan fingerprint density at radius 2 is 1.77 bits per heavy atom. The third-order valence-corrected chi connectivity index (χ3v) is 5.68. The Labute approximate surface area is 197 Å². The molecule has 2 aliphatic rings. The number of amides is 1. The minimum absolute atomic E-state index is 0. The maximum atomic E-state index is 12.6. The van der Waals surface area contributed by atoms with E-state index in [2.05, 4.69) is 39.0 Å². The number of likely N-dealkylation sites (tertiary alicyclic amines) is 1. The molecule has 170 valence electrons. The van der Waals surface area contributed by atoms with Gasteiger partial charge >= 0.3 is 0 Å². The minimum Gasteiger partial charge on any atom is -0.359 e. The first kappa shape index (κ1) is 24.9. The summed E-state index contributed by atoms with van der Waals surface area (Å²) in [7, 11) is 0. The number of aliphatic imine (C=N–C) groups is 1. The fourth-order valence-electron chi connectivity index (χ4n) is 3.90. The van der Waals surface area contributed by atoms with Crippen molar-refractivity contribution in [3.8, 4) is 0 Å². The van der Waals surface area contributed by atoms with Crippen molar-refractivity contribution in [2.24, 2.45) is 4.99 Å². The first-order valence-corrected chi connectivity index (χ1v) is 11.2. The minimum atomic E-state index is 0. The number of carbonyl (C=O) groups is 1. The molecule has 1 aromatic rings. The average Bonchev–Trinajstić information content (AvgIpc) is 3.03. The molecule has 1 aromatic heterocycles. The van der Waals surface area contributed by atoms with Crippen molar-refractivity contribution >= 4 is 35.8 Å². The van der Waals surface area contributed by atoms with Crippen LogP contribution in [0.4, 0.5) is 0 Å². The van der Waals surface area contributed by atoms with Crippen molar-refractivity contribution in [3.05, 3.63) is 17.5 Å². The molecule has 2 aliphatic heterocycles. The van der Waals surface area contributed by atoms with E-state index in [1.165, 1.54) is 12.8 Å². The number of aromatic nitrogens is 1. The Kier molecular flexibility index (Phi) is 10.9. The lowest BCUT2D eigenvalue weighted by molar-refractivity contribution is -0.132. The second-order valence-corrected chi connectivity index (χ2v) is 7.87. The van der Waals surface area contributed by atoms with Gasteiger partial charge in [-0.05, 0) is 26.2 Å². The number of nitrogens with one attached hydrogen (secondary N) is 1. The number of nitrogens with zero attached hydrogens (tertiary/aromatic N) is 5. The molecule has 1 N–H and O–H groups in total. The smallest absolute Gasteiger partial charge is 0.236 e. The molecule has 0 saturated carbocycles. The van der Waals surface area contributed by atoms with Crippen LogP contribution in [0.5, 0.6) is 0 Å². The van der Waals surface area contributed by atoms with Gasteiger partial charge in [-0.2, -0.15) is 0 Å². The highest BCUT2D eigenvalue weighted by Gasteiger charge is 2.23. The second-order valence-electron chi connectivity index (χ2n) is 7.87. The maximum absolute atomic E-state index is 12.6. The van der Waals surface area contributed by atoms with E-state index in [1.54, 1.807) is 0 Å². The van der Waals surface area contributed by atoms with E-state index in [-0.39, 0.29) is 29.9 Å². The SMILES string of the molecule is CCNC(=NCc1cc(CC)no1)N1CCN(CC(=O)N2CCCCCC2)CC1.I. The van der Waals surface area contributed by atoms with E-state index in [0.29, 0.717) is 13.1 Å². The largest absolute Gasteiger partial charge is 0.359 e. The van der Waals surface area contributed by atoms with Crippen LogP contribution in [0.2, 0.25) is 0 Å². The first-order chi connectivity index (χ1) is 14.2. The average molecular weight is 532 g/mol. The van der Waals surface area contributed by atoms with Crippen LogP contribution in [-0.4, -0.2) is 84.1 Å². The quantitative estimate of drug-likeness (QED) is 0.345. The highest BCUT2D eigenvalue weighted by molar-refractivity contribution is 14.0. The lowest BCUT2D eigenvalue weighted by Crippen LogP contribution is -2.54. The molecule has 2 fully saturated rings. The zero-order chi connectivity index (χ0) is 20.5. The molecule has 0 unspecified atom stereocenters. The van der Waals surface area contributed by atoms with Gasteiger partial charge < -0.3 is 19.6 Å². The summed E-state index contributed by atoms with van der Waals surface area (Å²) >= 11 is 0. The predicted octanol–water partition coefficient (Wildman–Crippen LogP) is 2.34. The van der Waals surface area contributed by atoms with Gasteiger partial charge in [0, 0.05) is 51.9 Å². The standard InChI is InChI=1S/C21H36N6O2.HI/c1-3-18-15-19(29-24-18)16-23-21(22-4-2)27-13-11-25(12-14-27)17-20(28)26-9-7-5-6-8-10-26;/h15H,3-14,16-17H2,1-2H3,(H,22,23);1H. The summed E-state index contributed by atoms with van der Waals surface area (Å²) in [6, 6.07) is 1.97. The monoisotopic (exact) mass is 532 g/mol. The molecule has 0 bridgehead atoms. The molecule has 3 rings (SSSR count). The number of guanidine groups is 1. The third kappa shape index (κ3) is 7.40. The van der Waals surface area contributed by atoms with Crippen molar-refractivity contribution in [1.29, 1.82) is 0 Å². The van der Waals surface area contributed by atoms with Gasteiger partial charge in [-0.1, -0.05) is 24.9 Å². The number of piperazine rings is 1. The number of halogens is 1. The highest BCUT2D eigenvalue weighted by Crippen LogP contribution is 2.11. The number of hydrogen-bond acceptors (Lipinski definition) is 5. The van der Waals surface area contributed by atoms with Crippen molar-refractivity contribution < 1.29 is 9.32 Å². The van der Waals surface area contributed by atoms with Crippen molar-refractivity contribution in [2.45, 2.75) is 52.5 Å². The summed E-state index contributed by atoms with van der Waals surface area (Å²) < 4.78 is 5.34. The van der Waals surface area contributed by atoms with Gasteiger partial charge in [0.2, 0.25) is 5.91 Å². The van der Waals surface area contributed by atoms with Gasteiger partial charge in [-0.3, -0.25) is 9.69 Å². The normalized spacial score (nSPS) is 18.7. The van der Waals surface area contributed by atoms with Crippen LogP contribution < -0.4 is 5.32 Å². The fraction of sp³-hybridized carbons (Fsp3) is 0.762. The Bertz CT molecular complexity index is 664. The molecule has 0 atom stereocenters. The summed E-state index contributed by atoms with van der Waals surface area (Å²) in [5.41, 5.74) is 0.961.